The minimum absolute atomic E-state index is 0.254. The van der Waals surface area contributed by atoms with Crippen molar-refractivity contribution in [2.24, 2.45) is 0 Å². The number of methoxy groups -OCH3 is 1. The lowest BCUT2D eigenvalue weighted by Crippen LogP contribution is -2.09. The van der Waals surface area contributed by atoms with Crippen LogP contribution in [0.25, 0.3) is 21.8 Å². The number of rotatable bonds is 8. The molecule has 0 saturated heterocycles. The van der Waals surface area contributed by atoms with Crippen molar-refractivity contribution < 1.29 is 18.9 Å². The van der Waals surface area contributed by atoms with Crippen LogP contribution in [0.5, 0.6) is 29.0 Å². The van der Waals surface area contributed by atoms with Gasteiger partial charge in [-0.15, -0.1) is 0 Å². The number of hydrogen-bond acceptors (Lipinski definition) is 7. The molecule has 0 radical (unpaired) electrons. The fraction of sp³-hybridized carbons (Fsp3) is 0.125. The molecular weight excluding hydrogens is 408 g/mol. The number of aromatic nitrogens is 4. The first-order chi connectivity index (χ1) is 15.8. The molecular formula is C24H20N4O4. The molecule has 0 aliphatic heterocycles. The number of benzene rings is 2. The van der Waals surface area contributed by atoms with Crippen molar-refractivity contribution in [1.82, 2.24) is 19.9 Å². The maximum atomic E-state index is 5.89. The van der Waals surface area contributed by atoms with Crippen molar-refractivity contribution in [3.05, 3.63) is 73.3 Å². The summed E-state index contributed by atoms with van der Waals surface area (Å²) in [4.78, 5) is 16.0. The SMILES string of the molecule is COc1cc2cnc(Oc3ccc4[nH]ccc4c3)nc2cc1OCCOc1ccncc1. The fourth-order valence-corrected chi connectivity index (χ4v) is 3.29. The smallest absolute Gasteiger partial charge is 0.322 e. The standard InChI is InChI=1S/C24H20N4O4/c1-29-22-13-17-15-27-24(32-19-2-3-20-16(12-19)4-9-26-20)28-21(17)14-23(22)31-11-10-30-18-5-7-25-8-6-18/h2-9,12-15,26H,10-11H2,1H3. The van der Waals surface area contributed by atoms with E-state index < -0.39 is 0 Å². The molecule has 0 bridgehead atoms. The van der Waals surface area contributed by atoms with Gasteiger partial charge in [0.1, 0.15) is 24.7 Å². The molecule has 5 aromatic rings. The molecule has 160 valence electrons. The van der Waals surface area contributed by atoms with Crippen LogP contribution in [0.15, 0.2) is 73.3 Å². The molecule has 0 aliphatic rings. The molecule has 1 N–H and O–H groups in total. The highest BCUT2D eigenvalue weighted by atomic mass is 16.5. The van der Waals surface area contributed by atoms with E-state index in [0.717, 1.165) is 22.0 Å². The van der Waals surface area contributed by atoms with E-state index in [-0.39, 0.29) is 6.01 Å². The molecule has 8 nitrogen and oxygen atoms in total. The van der Waals surface area contributed by atoms with E-state index in [1.165, 1.54) is 0 Å². The predicted molar refractivity (Wildman–Crippen MR) is 120 cm³/mol. The van der Waals surface area contributed by atoms with Gasteiger partial charge in [-0.05, 0) is 42.5 Å². The predicted octanol–water partition coefficient (Wildman–Crippen LogP) is 4.76. The lowest BCUT2D eigenvalue weighted by atomic mass is 10.2. The third kappa shape index (κ3) is 4.24. The average molecular weight is 428 g/mol. The molecule has 0 amide bonds. The molecule has 3 aromatic heterocycles. The summed E-state index contributed by atoms with van der Waals surface area (Å²) < 4.78 is 22.9. The summed E-state index contributed by atoms with van der Waals surface area (Å²) in [7, 11) is 1.59. The minimum Gasteiger partial charge on any atom is -0.493 e. The summed E-state index contributed by atoms with van der Waals surface area (Å²) in [5.74, 6) is 2.56. The molecule has 32 heavy (non-hydrogen) atoms. The number of H-pyrrole nitrogens is 1. The Kier molecular flexibility index (Phi) is 5.40. The van der Waals surface area contributed by atoms with E-state index in [9.17, 15) is 0 Å². The highest BCUT2D eigenvalue weighted by molar-refractivity contribution is 5.82. The normalized spacial score (nSPS) is 10.9. The van der Waals surface area contributed by atoms with Crippen molar-refractivity contribution in [1.29, 1.82) is 0 Å². The van der Waals surface area contributed by atoms with E-state index >= 15 is 0 Å². The van der Waals surface area contributed by atoms with Crippen LogP contribution in [0.1, 0.15) is 0 Å². The Hall–Kier alpha value is -4.33. The lowest BCUT2D eigenvalue weighted by molar-refractivity contribution is 0.211. The van der Waals surface area contributed by atoms with Gasteiger partial charge in [-0.2, -0.15) is 4.98 Å². The van der Waals surface area contributed by atoms with E-state index in [4.69, 9.17) is 18.9 Å². The van der Waals surface area contributed by atoms with Gasteiger partial charge in [0, 0.05) is 47.1 Å². The summed E-state index contributed by atoms with van der Waals surface area (Å²) in [6.07, 6.45) is 6.94. The number of ether oxygens (including phenoxy) is 4. The molecule has 5 rings (SSSR count). The second-order valence-electron chi connectivity index (χ2n) is 6.92. The number of pyridine rings is 1. The van der Waals surface area contributed by atoms with Crippen LogP contribution in [0.3, 0.4) is 0 Å². The molecule has 3 heterocycles. The maximum Gasteiger partial charge on any atom is 0.322 e. The van der Waals surface area contributed by atoms with Gasteiger partial charge >= 0.3 is 6.01 Å². The Morgan fingerprint density at radius 1 is 0.844 bits per heavy atom. The fourth-order valence-electron chi connectivity index (χ4n) is 3.29. The molecule has 0 unspecified atom stereocenters. The van der Waals surface area contributed by atoms with Gasteiger partial charge < -0.3 is 23.9 Å². The molecule has 0 atom stereocenters. The molecule has 0 saturated carbocycles. The van der Waals surface area contributed by atoms with Crippen molar-refractivity contribution >= 4 is 21.8 Å². The van der Waals surface area contributed by atoms with Gasteiger partial charge in [0.25, 0.3) is 0 Å². The molecule has 0 aliphatic carbocycles. The van der Waals surface area contributed by atoms with Gasteiger partial charge in [-0.1, -0.05) is 0 Å². The van der Waals surface area contributed by atoms with Crippen LogP contribution in [-0.4, -0.2) is 40.3 Å². The van der Waals surface area contributed by atoms with Gasteiger partial charge in [-0.3, -0.25) is 4.98 Å². The van der Waals surface area contributed by atoms with Crippen molar-refractivity contribution in [3.63, 3.8) is 0 Å². The maximum absolute atomic E-state index is 5.89. The minimum atomic E-state index is 0.254. The number of hydrogen-bond donors (Lipinski definition) is 1. The topological polar surface area (TPSA) is 91.4 Å². The van der Waals surface area contributed by atoms with Crippen molar-refractivity contribution in [2.45, 2.75) is 0 Å². The number of fused-ring (bicyclic) bond motifs is 2. The summed E-state index contributed by atoms with van der Waals surface area (Å²) >= 11 is 0. The Bertz CT molecular complexity index is 1350. The summed E-state index contributed by atoms with van der Waals surface area (Å²) in [6.45, 7) is 0.723. The van der Waals surface area contributed by atoms with Crippen LogP contribution in [0.2, 0.25) is 0 Å². The van der Waals surface area contributed by atoms with Gasteiger partial charge in [-0.25, -0.2) is 4.98 Å². The molecule has 0 spiro atoms. The second-order valence-corrected chi connectivity index (χ2v) is 6.92. The van der Waals surface area contributed by atoms with E-state index in [0.29, 0.717) is 36.0 Å². The van der Waals surface area contributed by atoms with Crippen LogP contribution in [-0.2, 0) is 0 Å². The zero-order valence-electron chi connectivity index (χ0n) is 17.3. The highest BCUT2D eigenvalue weighted by Gasteiger charge is 2.11. The third-order valence-corrected chi connectivity index (χ3v) is 4.84. The Labute approximate surface area is 183 Å². The van der Waals surface area contributed by atoms with E-state index in [1.807, 2.05) is 42.6 Å². The van der Waals surface area contributed by atoms with Crippen molar-refractivity contribution in [2.75, 3.05) is 20.3 Å². The largest absolute Gasteiger partial charge is 0.493 e. The van der Waals surface area contributed by atoms with Gasteiger partial charge in [0.05, 0.1) is 12.6 Å². The van der Waals surface area contributed by atoms with Crippen LogP contribution < -0.4 is 18.9 Å². The Morgan fingerprint density at radius 2 is 1.72 bits per heavy atom. The van der Waals surface area contributed by atoms with Crippen LogP contribution >= 0.6 is 0 Å². The first kappa shape index (κ1) is 19.6. The molecule has 0 fully saturated rings. The Morgan fingerprint density at radius 3 is 2.59 bits per heavy atom. The summed E-state index contributed by atoms with van der Waals surface area (Å²) in [5, 5.41) is 1.87. The highest BCUT2D eigenvalue weighted by Crippen LogP contribution is 2.32. The number of aromatic amines is 1. The first-order valence-corrected chi connectivity index (χ1v) is 10.0. The van der Waals surface area contributed by atoms with Crippen molar-refractivity contribution in [3.8, 4) is 29.0 Å². The second kappa shape index (κ2) is 8.81. The quantitative estimate of drug-likeness (QED) is 0.356. The van der Waals surface area contributed by atoms with Crippen LogP contribution in [0, 0.1) is 0 Å². The average Bonchev–Trinajstić information content (AvgIpc) is 3.30. The zero-order valence-corrected chi connectivity index (χ0v) is 17.3. The molecule has 2 aromatic carbocycles. The summed E-state index contributed by atoms with van der Waals surface area (Å²) in [6, 6.07) is 15.2. The number of nitrogens with one attached hydrogen (secondary N) is 1. The van der Waals surface area contributed by atoms with Gasteiger partial charge in [0.15, 0.2) is 11.5 Å². The van der Waals surface area contributed by atoms with E-state index in [1.54, 1.807) is 37.8 Å². The zero-order chi connectivity index (χ0) is 21.8. The lowest BCUT2D eigenvalue weighted by Gasteiger charge is -2.13. The van der Waals surface area contributed by atoms with E-state index in [2.05, 4.69) is 19.9 Å². The van der Waals surface area contributed by atoms with Gasteiger partial charge in [0.2, 0.25) is 0 Å². The Balaban J connectivity index is 1.32. The third-order valence-electron chi connectivity index (χ3n) is 4.84. The first-order valence-electron chi connectivity index (χ1n) is 10.0. The monoisotopic (exact) mass is 428 g/mol. The van der Waals surface area contributed by atoms with Crippen LogP contribution in [0.4, 0.5) is 0 Å². The summed E-state index contributed by atoms with van der Waals surface area (Å²) in [5.41, 5.74) is 1.72. The molecule has 8 heteroatoms. The number of nitrogens with zero attached hydrogens (tertiary/aromatic N) is 3.